The minimum absolute atomic E-state index is 0.0896. The summed E-state index contributed by atoms with van der Waals surface area (Å²) in [5.74, 6) is 1.16. The molecule has 0 amide bonds. The zero-order valence-corrected chi connectivity index (χ0v) is 11.5. The van der Waals surface area contributed by atoms with Gasteiger partial charge in [0, 0.05) is 0 Å². The van der Waals surface area contributed by atoms with Crippen LogP contribution in [0.15, 0.2) is 42.5 Å². The lowest BCUT2D eigenvalue weighted by atomic mass is 10.2. The van der Waals surface area contributed by atoms with Gasteiger partial charge in [-0.3, -0.25) is 10.1 Å². The highest BCUT2D eigenvalue weighted by Gasteiger charge is 2.13. The Morgan fingerprint density at radius 3 is 2.40 bits per heavy atom. The largest absolute Gasteiger partial charge is 0.497 e. The van der Waals surface area contributed by atoms with E-state index < -0.39 is 4.92 Å². The molecule has 0 spiro atoms. The predicted molar refractivity (Wildman–Crippen MR) is 75.4 cm³/mol. The Bertz CT molecular complexity index is 613. The molecule has 0 aliphatic rings. The van der Waals surface area contributed by atoms with Gasteiger partial charge >= 0.3 is 0 Å². The van der Waals surface area contributed by atoms with Crippen molar-refractivity contribution in [3.8, 4) is 11.5 Å². The molecule has 0 atom stereocenters. The Kier molecular flexibility index (Phi) is 4.42. The van der Waals surface area contributed by atoms with Gasteiger partial charge < -0.3 is 9.47 Å². The first-order valence-electron chi connectivity index (χ1n) is 5.80. The first-order chi connectivity index (χ1) is 9.60. The summed E-state index contributed by atoms with van der Waals surface area (Å²) in [6.45, 7) is 0.308. The Balaban J connectivity index is 2.06. The van der Waals surface area contributed by atoms with Gasteiger partial charge in [-0.15, -0.1) is 0 Å². The summed E-state index contributed by atoms with van der Waals surface area (Å²) in [6.07, 6.45) is 0. The topological polar surface area (TPSA) is 61.6 Å². The highest BCUT2D eigenvalue weighted by Crippen LogP contribution is 2.29. The van der Waals surface area contributed by atoms with Crippen LogP contribution < -0.4 is 9.47 Å². The van der Waals surface area contributed by atoms with Gasteiger partial charge in [0.2, 0.25) is 0 Å². The summed E-state index contributed by atoms with van der Waals surface area (Å²) < 4.78 is 10.6. The van der Waals surface area contributed by atoms with Crippen molar-refractivity contribution in [2.45, 2.75) is 6.61 Å². The predicted octanol–water partition coefficient (Wildman–Crippen LogP) is 3.84. The van der Waals surface area contributed by atoms with Crippen LogP contribution >= 0.6 is 11.6 Å². The minimum atomic E-state index is -0.539. The summed E-state index contributed by atoms with van der Waals surface area (Å²) in [7, 11) is 1.60. The van der Waals surface area contributed by atoms with Crippen LogP contribution in [0.3, 0.4) is 0 Å². The highest BCUT2D eigenvalue weighted by molar-refractivity contribution is 6.32. The molecule has 2 aromatic carbocycles. The molecule has 0 N–H and O–H groups in total. The molecule has 0 saturated heterocycles. The van der Waals surface area contributed by atoms with Crippen LogP contribution in [0, 0.1) is 10.1 Å². The molecule has 5 nitrogen and oxygen atoms in total. The number of hydrogen-bond acceptors (Lipinski definition) is 4. The Morgan fingerprint density at radius 2 is 1.80 bits per heavy atom. The van der Waals surface area contributed by atoms with Crippen LogP contribution in [0.1, 0.15) is 5.56 Å². The first kappa shape index (κ1) is 14.1. The van der Waals surface area contributed by atoms with Gasteiger partial charge in [-0.2, -0.15) is 0 Å². The SMILES string of the molecule is COc1ccc(COc2ccc(Cl)c([N+](=O)[O-])c2)cc1. The monoisotopic (exact) mass is 293 g/mol. The van der Waals surface area contributed by atoms with Gasteiger partial charge in [-0.25, -0.2) is 0 Å². The summed E-state index contributed by atoms with van der Waals surface area (Å²) in [4.78, 5) is 10.2. The number of methoxy groups -OCH3 is 1. The van der Waals surface area contributed by atoms with Gasteiger partial charge in [0.25, 0.3) is 5.69 Å². The molecule has 0 heterocycles. The van der Waals surface area contributed by atoms with E-state index in [2.05, 4.69) is 0 Å². The normalized spacial score (nSPS) is 10.1. The fraction of sp³-hybridized carbons (Fsp3) is 0.143. The van der Waals surface area contributed by atoms with Gasteiger partial charge in [0.15, 0.2) is 0 Å². The quantitative estimate of drug-likeness (QED) is 0.621. The number of nitrogens with zero attached hydrogens (tertiary/aromatic N) is 1. The number of nitro benzene ring substituents is 1. The molecular formula is C14H12ClNO4. The third kappa shape index (κ3) is 3.39. The maximum Gasteiger partial charge on any atom is 0.291 e. The Morgan fingerprint density at radius 1 is 1.15 bits per heavy atom. The van der Waals surface area contributed by atoms with E-state index in [9.17, 15) is 10.1 Å². The molecule has 0 aliphatic carbocycles. The lowest BCUT2D eigenvalue weighted by Crippen LogP contribution is -1.97. The maximum absolute atomic E-state index is 10.8. The molecule has 2 rings (SSSR count). The van der Waals surface area contributed by atoms with Crippen LogP contribution in [0.5, 0.6) is 11.5 Å². The molecule has 0 fully saturated rings. The number of hydrogen-bond donors (Lipinski definition) is 0. The third-order valence-corrected chi connectivity index (χ3v) is 3.00. The van der Waals surface area contributed by atoms with E-state index in [0.29, 0.717) is 12.4 Å². The molecule has 0 saturated carbocycles. The number of halogens is 1. The van der Waals surface area contributed by atoms with Crippen molar-refractivity contribution in [1.82, 2.24) is 0 Å². The van der Waals surface area contributed by atoms with Crippen LogP contribution in [0.25, 0.3) is 0 Å². The first-order valence-corrected chi connectivity index (χ1v) is 6.17. The smallest absolute Gasteiger partial charge is 0.291 e. The second-order valence-corrected chi connectivity index (χ2v) is 4.41. The molecule has 0 unspecified atom stereocenters. The number of benzene rings is 2. The van der Waals surface area contributed by atoms with Crippen molar-refractivity contribution in [2.24, 2.45) is 0 Å². The van der Waals surface area contributed by atoms with Crippen molar-refractivity contribution in [2.75, 3.05) is 7.11 Å². The van der Waals surface area contributed by atoms with E-state index in [1.54, 1.807) is 13.2 Å². The Hall–Kier alpha value is -2.27. The van der Waals surface area contributed by atoms with Crippen molar-refractivity contribution in [3.63, 3.8) is 0 Å². The molecule has 6 heteroatoms. The van der Waals surface area contributed by atoms with E-state index in [1.807, 2.05) is 24.3 Å². The number of nitro groups is 1. The summed E-state index contributed by atoms with van der Waals surface area (Å²) in [5, 5.41) is 10.9. The third-order valence-electron chi connectivity index (χ3n) is 2.68. The molecule has 0 aliphatic heterocycles. The molecular weight excluding hydrogens is 282 g/mol. The lowest BCUT2D eigenvalue weighted by molar-refractivity contribution is -0.384. The summed E-state index contributed by atoms with van der Waals surface area (Å²) in [6, 6.07) is 11.7. The van der Waals surface area contributed by atoms with E-state index in [-0.39, 0.29) is 10.7 Å². The number of rotatable bonds is 5. The molecule has 2 aromatic rings. The lowest BCUT2D eigenvalue weighted by Gasteiger charge is -2.07. The summed E-state index contributed by atoms with van der Waals surface area (Å²) >= 11 is 5.73. The van der Waals surface area contributed by atoms with E-state index in [0.717, 1.165) is 11.3 Å². The second-order valence-electron chi connectivity index (χ2n) is 4.01. The van der Waals surface area contributed by atoms with Gasteiger partial charge in [-0.05, 0) is 29.8 Å². The van der Waals surface area contributed by atoms with Crippen molar-refractivity contribution >= 4 is 17.3 Å². The van der Waals surface area contributed by atoms with Gasteiger partial charge in [-0.1, -0.05) is 23.7 Å². The molecule has 20 heavy (non-hydrogen) atoms. The fourth-order valence-corrected chi connectivity index (χ4v) is 1.80. The zero-order chi connectivity index (χ0) is 14.5. The average Bonchev–Trinajstić information content (AvgIpc) is 2.46. The fourth-order valence-electron chi connectivity index (χ4n) is 1.61. The van der Waals surface area contributed by atoms with Crippen LogP contribution in [0.4, 0.5) is 5.69 Å². The molecule has 0 bridgehead atoms. The van der Waals surface area contributed by atoms with Crippen LogP contribution in [-0.2, 0) is 6.61 Å². The van der Waals surface area contributed by atoms with Crippen LogP contribution in [-0.4, -0.2) is 12.0 Å². The molecule has 0 radical (unpaired) electrons. The highest BCUT2D eigenvalue weighted by atomic mass is 35.5. The molecule has 104 valence electrons. The summed E-state index contributed by atoms with van der Waals surface area (Å²) in [5.41, 5.74) is 0.766. The average molecular weight is 294 g/mol. The van der Waals surface area contributed by atoms with Crippen molar-refractivity contribution < 1.29 is 14.4 Å². The van der Waals surface area contributed by atoms with Crippen molar-refractivity contribution in [1.29, 1.82) is 0 Å². The van der Waals surface area contributed by atoms with E-state index >= 15 is 0 Å². The van der Waals surface area contributed by atoms with Crippen molar-refractivity contribution in [3.05, 3.63) is 63.2 Å². The Labute approximate surface area is 120 Å². The standard InChI is InChI=1S/C14H12ClNO4/c1-19-11-4-2-10(3-5-11)9-20-12-6-7-13(15)14(8-12)16(17)18/h2-8H,9H2,1H3. The minimum Gasteiger partial charge on any atom is -0.497 e. The second kappa shape index (κ2) is 6.25. The van der Waals surface area contributed by atoms with E-state index in [4.69, 9.17) is 21.1 Å². The molecule has 0 aromatic heterocycles. The zero-order valence-electron chi connectivity index (χ0n) is 10.7. The number of ether oxygens (including phenoxy) is 2. The van der Waals surface area contributed by atoms with Gasteiger partial charge in [0.05, 0.1) is 18.1 Å². The van der Waals surface area contributed by atoms with Gasteiger partial charge in [0.1, 0.15) is 23.1 Å². The maximum atomic E-state index is 10.8. The van der Waals surface area contributed by atoms with E-state index in [1.165, 1.54) is 12.1 Å². The van der Waals surface area contributed by atoms with Crippen LogP contribution in [0.2, 0.25) is 5.02 Å².